The fourth-order valence-electron chi connectivity index (χ4n) is 1.66. The molecule has 8 heteroatoms. The van der Waals surface area contributed by atoms with Crippen molar-refractivity contribution in [2.75, 3.05) is 6.54 Å². The molecule has 0 unspecified atom stereocenters. The van der Waals surface area contributed by atoms with E-state index in [0.29, 0.717) is 6.42 Å². The summed E-state index contributed by atoms with van der Waals surface area (Å²) >= 11 is 0. The van der Waals surface area contributed by atoms with Crippen LogP contribution < -0.4 is 9.46 Å². The summed E-state index contributed by atoms with van der Waals surface area (Å²) in [5.74, 6) is -0.377. The molecular weight excluding hydrogens is 297 g/mol. The summed E-state index contributed by atoms with van der Waals surface area (Å²) in [7, 11) is -3.67. The second-order valence-electron chi connectivity index (χ2n) is 4.35. The second kappa shape index (κ2) is 6.68. The number of aromatic amines is 1. The molecule has 0 saturated heterocycles. The Morgan fingerprint density at radius 2 is 2.19 bits per heavy atom. The molecule has 0 spiro atoms. The molecule has 0 aliphatic rings. The van der Waals surface area contributed by atoms with Gasteiger partial charge in [-0.05, 0) is 18.6 Å². The maximum absolute atomic E-state index is 13.5. The number of benzene rings is 1. The van der Waals surface area contributed by atoms with E-state index in [0.717, 1.165) is 0 Å². The van der Waals surface area contributed by atoms with Crippen LogP contribution in [-0.2, 0) is 10.0 Å². The lowest BCUT2D eigenvalue weighted by atomic mass is 10.2. The van der Waals surface area contributed by atoms with Crippen molar-refractivity contribution < 1.29 is 17.5 Å². The molecule has 0 fully saturated rings. The number of rotatable bonds is 7. The van der Waals surface area contributed by atoms with Crippen molar-refractivity contribution >= 4 is 10.0 Å². The highest BCUT2D eigenvalue weighted by molar-refractivity contribution is 7.89. The standard InChI is InChI=1S/C13H16FN3O3S/c1-2-10(20-12-6-4-3-5-11(12)14)7-17-21(18,19)13-8-15-9-16-13/h3-6,8-10,17H,2,7H2,1H3,(H,15,16)/t10-/m0/s1. The van der Waals surface area contributed by atoms with Crippen molar-refractivity contribution in [1.29, 1.82) is 0 Å². The fraction of sp³-hybridized carbons (Fsp3) is 0.308. The van der Waals surface area contributed by atoms with E-state index in [1.807, 2.05) is 6.92 Å². The van der Waals surface area contributed by atoms with Crippen molar-refractivity contribution in [3.63, 3.8) is 0 Å². The van der Waals surface area contributed by atoms with Crippen LogP contribution in [0.3, 0.4) is 0 Å². The number of halogens is 1. The van der Waals surface area contributed by atoms with Gasteiger partial charge in [0.15, 0.2) is 16.6 Å². The number of nitrogens with zero attached hydrogens (tertiary/aromatic N) is 1. The van der Waals surface area contributed by atoms with Crippen LogP contribution in [0.15, 0.2) is 41.8 Å². The molecule has 114 valence electrons. The van der Waals surface area contributed by atoms with Gasteiger partial charge in [0.25, 0.3) is 10.0 Å². The SMILES string of the molecule is CC[C@@H](CNS(=O)(=O)c1cnc[nH]1)Oc1ccccc1F. The number of ether oxygens (including phenoxy) is 1. The lowest BCUT2D eigenvalue weighted by molar-refractivity contribution is 0.192. The van der Waals surface area contributed by atoms with Gasteiger partial charge in [0, 0.05) is 6.54 Å². The van der Waals surface area contributed by atoms with Gasteiger partial charge < -0.3 is 9.72 Å². The number of nitrogens with one attached hydrogen (secondary N) is 2. The third-order valence-corrected chi connectivity index (χ3v) is 4.20. The van der Waals surface area contributed by atoms with Crippen molar-refractivity contribution in [2.24, 2.45) is 0 Å². The van der Waals surface area contributed by atoms with E-state index in [4.69, 9.17) is 4.74 Å². The first kappa shape index (κ1) is 15.5. The summed E-state index contributed by atoms with van der Waals surface area (Å²) in [5, 5.41) is -0.0248. The van der Waals surface area contributed by atoms with E-state index in [2.05, 4.69) is 14.7 Å². The minimum atomic E-state index is -3.67. The molecule has 2 N–H and O–H groups in total. The van der Waals surface area contributed by atoms with E-state index in [1.165, 1.54) is 24.7 Å². The average molecular weight is 313 g/mol. The summed E-state index contributed by atoms with van der Waals surface area (Å²) in [5.41, 5.74) is 0. The first-order chi connectivity index (χ1) is 10.0. The van der Waals surface area contributed by atoms with Gasteiger partial charge in [-0.25, -0.2) is 22.5 Å². The zero-order valence-electron chi connectivity index (χ0n) is 11.4. The molecule has 0 aliphatic carbocycles. The van der Waals surface area contributed by atoms with Crippen molar-refractivity contribution in [3.8, 4) is 5.75 Å². The predicted molar refractivity (Wildman–Crippen MR) is 74.9 cm³/mol. The zero-order valence-corrected chi connectivity index (χ0v) is 12.2. The topological polar surface area (TPSA) is 84.1 Å². The van der Waals surface area contributed by atoms with Gasteiger partial charge in [-0.15, -0.1) is 0 Å². The number of aromatic nitrogens is 2. The molecule has 1 aromatic heterocycles. The van der Waals surface area contributed by atoms with Gasteiger partial charge >= 0.3 is 0 Å². The Morgan fingerprint density at radius 1 is 1.43 bits per heavy atom. The molecule has 0 aliphatic heterocycles. The lowest BCUT2D eigenvalue weighted by Crippen LogP contribution is -2.35. The highest BCUT2D eigenvalue weighted by Crippen LogP contribution is 2.18. The Balaban J connectivity index is 1.99. The fourth-order valence-corrected chi connectivity index (χ4v) is 2.63. The van der Waals surface area contributed by atoms with Crippen LogP contribution in [-0.4, -0.2) is 31.0 Å². The molecule has 0 amide bonds. The summed E-state index contributed by atoms with van der Waals surface area (Å²) in [6.07, 6.45) is 2.54. The van der Waals surface area contributed by atoms with Gasteiger partial charge in [0.2, 0.25) is 0 Å². The molecular formula is C13H16FN3O3S. The maximum atomic E-state index is 13.5. The monoisotopic (exact) mass is 313 g/mol. The van der Waals surface area contributed by atoms with E-state index in [1.54, 1.807) is 12.1 Å². The molecule has 2 rings (SSSR count). The highest BCUT2D eigenvalue weighted by Gasteiger charge is 2.18. The number of hydrogen-bond acceptors (Lipinski definition) is 4. The zero-order chi connectivity index (χ0) is 15.3. The van der Waals surface area contributed by atoms with Crippen LogP contribution in [0.2, 0.25) is 0 Å². The normalized spacial score (nSPS) is 13.0. The quantitative estimate of drug-likeness (QED) is 0.814. The molecule has 1 aromatic carbocycles. The number of hydrogen-bond donors (Lipinski definition) is 2. The first-order valence-corrected chi connectivity index (χ1v) is 7.90. The highest BCUT2D eigenvalue weighted by atomic mass is 32.2. The average Bonchev–Trinajstić information content (AvgIpc) is 3.00. The summed E-state index contributed by atoms with van der Waals surface area (Å²) in [6, 6.07) is 6.00. The molecule has 6 nitrogen and oxygen atoms in total. The molecule has 0 saturated carbocycles. The minimum absolute atomic E-state index is 0.0248. The Morgan fingerprint density at radius 3 is 2.81 bits per heavy atom. The molecule has 1 heterocycles. The molecule has 2 aromatic rings. The second-order valence-corrected chi connectivity index (χ2v) is 6.08. The van der Waals surface area contributed by atoms with Crippen molar-refractivity contribution in [2.45, 2.75) is 24.5 Å². The van der Waals surface area contributed by atoms with E-state index < -0.39 is 21.9 Å². The Labute approximate surface area is 122 Å². The Kier molecular flexibility index (Phi) is 4.92. The number of para-hydroxylation sites is 1. The number of imidazole rings is 1. The number of sulfonamides is 1. The van der Waals surface area contributed by atoms with Crippen LogP contribution in [0.25, 0.3) is 0 Å². The van der Waals surface area contributed by atoms with Crippen LogP contribution in [0.1, 0.15) is 13.3 Å². The summed E-state index contributed by atoms with van der Waals surface area (Å²) < 4.78 is 45.2. The van der Waals surface area contributed by atoms with Gasteiger partial charge in [-0.1, -0.05) is 19.1 Å². The Hall–Kier alpha value is -1.93. The van der Waals surface area contributed by atoms with Crippen molar-refractivity contribution in [3.05, 3.63) is 42.6 Å². The van der Waals surface area contributed by atoms with Gasteiger partial charge in [-0.2, -0.15) is 0 Å². The third-order valence-electron chi connectivity index (χ3n) is 2.85. The van der Waals surface area contributed by atoms with E-state index in [-0.39, 0.29) is 17.3 Å². The van der Waals surface area contributed by atoms with Gasteiger partial charge in [0.05, 0.1) is 12.5 Å². The van der Waals surface area contributed by atoms with Crippen LogP contribution >= 0.6 is 0 Å². The minimum Gasteiger partial charge on any atom is -0.486 e. The molecule has 0 bridgehead atoms. The molecule has 0 radical (unpaired) electrons. The van der Waals surface area contributed by atoms with Crippen LogP contribution in [0.4, 0.5) is 4.39 Å². The van der Waals surface area contributed by atoms with Crippen LogP contribution in [0, 0.1) is 5.82 Å². The van der Waals surface area contributed by atoms with Crippen LogP contribution in [0.5, 0.6) is 5.75 Å². The summed E-state index contributed by atoms with van der Waals surface area (Å²) in [6.45, 7) is 1.86. The predicted octanol–water partition coefficient (Wildman–Crippen LogP) is 1.68. The van der Waals surface area contributed by atoms with Crippen molar-refractivity contribution in [1.82, 2.24) is 14.7 Å². The van der Waals surface area contributed by atoms with E-state index >= 15 is 0 Å². The maximum Gasteiger partial charge on any atom is 0.257 e. The first-order valence-electron chi connectivity index (χ1n) is 6.42. The number of H-pyrrole nitrogens is 1. The third kappa shape index (κ3) is 4.02. The Bertz CT molecular complexity index is 674. The summed E-state index contributed by atoms with van der Waals surface area (Å²) in [4.78, 5) is 6.18. The molecule has 1 atom stereocenters. The largest absolute Gasteiger partial charge is 0.486 e. The van der Waals surface area contributed by atoms with Gasteiger partial charge in [-0.3, -0.25) is 0 Å². The van der Waals surface area contributed by atoms with E-state index in [9.17, 15) is 12.8 Å². The molecule has 21 heavy (non-hydrogen) atoms. The van der Waals surface area contributed by atoms with Gasteiger partial charge in [0.1, 0.15) is 6.10 Å². The lowest BCUT2D eigenvalue weighted by Gasteiger charge is -2.18. The smallest absolute Gasteiger partial charge is 0.257 e.